The molecule has 0 saturated carbocycles. The Balaban J connectivity index is 0.000000339. The molecule has 6 aromatic carbocycles. The minimum atomic E-state index is -6.77. The van der Waals surface area contributed by atoms with Gasteiger partial charge in [0.25, 0.3) is 0 Å². The van der Waals surface area contributed by atoms with Gasteiger partial charge >= 0.3 is 0 Å². The zero-order chi connectivity index (χ0) is 51.5. The number of rotatable bonds is 9. The highest BCUT2D eigenvalue weighted by Gasteiger charge is 2.82. The van der Waals surface area contributed by atoms with Crippen LogP contribution in [-0.2, 0) is 21.6 Å². The molecule has 0 heterocycles. The first kappa shape index (κ1) is 52.2. The SMILES string of the molecule is C[Si](C)(C)C1C(F)=C(F)C(O[B][O-])(c2c(F)c(F)c(F)c(F)c2F)C(F)(c2c(F)c(F)c(F)c(F)c2F)C1(F)c1c(F)c(F)c(F)c(F)c1F.c1ccc([C+](c2ccccc2)c2ccccc2)cc1. The molecule has 4 atom stereocenters. The molecule has 7 rings (SSSR count). The second-order valence-electron chi connectivity index (χ2n) is 16.0. The van der Waals surface area contributed by atoms with E-state index in [1.165, 1.54) is 22.6 Å². The zero-order valence-corrected chi connectivity index (χ0v) is 35.8. The minimum Gasteiger partial charge on any atom is -0.861 e. The lowest BCUT2D eigenvalue weighted by molar-refractivity contribution is -0.253. The normalized spacial score (nSPS) is 20.4. The summed E-state index contributed by atoms with van der Waals surface area (Å²) in [4.78, 5) is 0. The van der Waals surface area contributed by atoms with Crippen LogP contribution in [0.3, 0.4) is 0 Å². The van der Waals surface area contributed by atoms with Gasteiger partial charge < -0.3 is 9.68 Å². The average Bonchev–Trinajstić information content (AvgIpc) is 3.32. The molecule has 1 radical (unpaired) electrons. The highest BCUT2D eigenvalue weighted by Crippen LogP contribution is 2.73. The fraction of sp³-hybridized carbons (Fsp3) is 0.152. The van der Waals surface area contributed by atoms with Gasteiger partial charge in [-0.05, 0) is 72.8 Å². The fourth-order valence-electron chi connectivity index (χ4n) is 8.33. The molecular formula is C46H25BF19O2Si. The second kappa shape index (κ2) is 19.0. The van der Waals surface area contributed by atoms with Crippen molar-refractivity contribution >= 4 is 15.8 Å². The van der Waals surface area contributed by atoms with Crippen molar-refractivity contribution < 1.29 is 93.1 Å². The molecule has 0 fully saturated rings. The van der Waals surface area contributed by atoms with Crippen LogP contribution in [0.4, 0.5) is 83.4 Å². The third kappa shape index (κ3) is 7.85. The average molecular weight is 1010 g/mol. The topological polar surface area (TPSA) is 32.3 Å². The molecule has 2 nitrogen and oxygen atoms in total. The van der Waals surface area contributed by atoms with Gasteiger partial charge in [-0.1, -0.05) is 37.8 Å². The first-order chi connectivity index (χ1) is 32.2. The number of alkyl halides is 2. The second-order valence-corrected chi connectivity index (χ2v) is 21.3. The molecule has 1 aliphatic rings. The third-order valence-electron chi connectivity index (χ3n) is 11.1. The Hall–Kier alpha value is -6.20. The Morgan fingerprint density at radius 3 is 1.00 bits per heavy atom. The molecule has 0 N–H and O–H groups in total. The van der Waals surface area contributed by atoms with Crippen LogP contribution < -0.4 is 5.02 Å². The molecule has 1 aliphatic carbocycles. The summed E-state index contributed by atoms with van der Waals surface area (Å²) in [6.07, 6.45) is 0. The largest absolute Gasteiger partial charge is 0.861 e. The summed E-state index contributed by atoms with van der Waals surface area (Å²) in [7, 11) is -6.43. The van der Waals surface area contributed by atoms with Crippen LogP contribution in [0.5, 0.6) is 0 Å². The maximum atomic E-state index is 18.5. The van der Waals surface area contributed by atoms with E-state index in [0.717, 1.165) is 0 Å². The first-order valence-electron chi connectivity index (χ1n) is 19.4. The molecular weight excluding hydrogens is 984 g/mol. The molecule has 6 aromatic rings. The van der Waals surface area contributed by atoms with Gasteiger partial charge in [-0.2, -0.15) is 0 Å². The maximum Gasteiger partial charge on any atom is 0.218 e. The van der Waals surface area contributed by atoms with Gasteiger partial charge in [0.05, 0.1) is 47.4 Å². The summed E-state index contributed by atoms with van der Waals surface area (Å²) in [5, 5.41) is 11.7. The highest BCUT2D eigenvalue weighted by atomic mass is 28.3. The summed E-state index contributed by atoms with van der Waals surface area (Å²) in [5.74, 6) is -58.4. The Kier molecular flexibility index (Phi) is 14.3. The molecule has 0 aliphatic heterocycles. The van der Waals surface area contributed by atoms with E-state index in [1.54, 1.807) is 0 Å². The lowest BCUT2D eigenvalue weighted by atomic mass is 9.58. The molecule has 23 heteroatoms. The van der Waals surface area contributed by atoms with Crippen molar-refractivity contribution in [2.24, 2.45) is 0 Å². The van der Waals surface area contributed by atoms with E-state index in [-0.39, 0.29) is 0 Å². The molecule has 69 heavy (non-hydrogen) atoms. The van der Waals surface area contributed by atoms with Crippen LogP contribution in [0.2, 0.25) is 25.2 Å². The number of allylic oxidation sites excluding steroid dienone is 1. The summed E-state index contributed by atoms with van der Waals surface area (Å²) in [5.41, 5.74) is -30.3. The van der Waals surface area contributed by atoms with E-state index < -0.39 is 154 Å². The van der Waals surface area contributed by atoms with Crippen molar-refractivity contribution in [2.75, 3.05) is 0 Å². The van der Waals surface area contributed by atoms with E-state index >= 15 is 43.9 Å². The van der Waals surface area contributed by atoms with E-state index in [2.05, 4.69) is 95.6 Å². The van der Waals surface area contributed by atoms with Gasteiger partial charge in [-0.3, -0.25) is 0 Å². The molecule has 0 aromatic heterocycles. The van der Waals surface area contributed by atoms with Crippen LogP contribution in [0.1, 0.15) is 33.4 Å². The Morgan fingerprint density at radius 2 is 0.710 bits per heavy atom. The van der Waals surface area contributed by atoms with Crippen LogP contribution in [-0.4, -0.2) is 15.8 Å². The molecule has 4 unspecified atom stereocenters. The monoisotopic (exact) mass is 1010 g/mol. The van der Waals surface area contributed by atoms with Gasteiger partial charge in [0, 0.05) is 5.54 Å². The first-order valence-corrected chi connectivity index (χ1v) is 22.9. The summed E-state index contributed by atoms with van der Waals surface area (Å²) in [6, 6.07) is 31.6. The third-order valence-corrected chi connectivity index (χ3v) is 13.5. The molecule has 0 bridgehead atoms. The Bertz CT molecular complexity index is 2800. The number of hydrogen-bond acceptors (Lipinski definition) is 2. The predicted octanol–water partition coefficient (Wildman–Crippen LogP) is 13.2. The highest BCUT2D eigenvalue weighted by molar-refractivity contribution is 6.78. The zero-order valence-electron chi connectivity index (χ0n) is 34.8. The van der Waals surface area contributed by atoms with Crippen LogP contribution >= 0.6 is 0 Å². The van der Waals surface area contributed by atoms with E-state index in [1.807, 2.05) is 0 Å². The van der Waals surface area contributed by atoms with Crippen molar-refractivity contribution in [3.63, 3.8) is 0 Å². The van der Waals surface area contributed by atoms with Gasteiger partial charge in [-0.15, -0.1) is 0 Å². The van der Waals surface area contributed by atoms with Crippen LogP contribution in [0, 0.1) is 93.2 Å². The molecule has 361 valence electrons. The van der Waals surface area contributed by atoms with Crippen molar-refractivity contribution in [1.29, 1.82) is 0 Å². The van der Waals surface area contributed by atoms with Gasteiger partial charge in [0.2, 0.25) is 23.1 Å². The predicted molar refractivity (Wildman–Crippen MR) is 209 cm³/mol. The van der Waals surface area contributed by atoms with Crippen molar-refractivity contribution in [2.45, 2.75) is 42.1 Å². The van der Waals surface area contributed by atoms with Crippen molar-refractivity contribution in [3.8, 4) is 0 Å². The van der Waals surface area contributed by atoms with E-state index in [0.29, 0.717) is 19.6 Å². The quantitative estimate of drug-likeness (QED) is 0.0361. The lowest BCUT2D eigenvalue weighted by Crippen LogP contribution is -2.68. The maximum absolute atomic E-state index is 18.5. The van der Waals surface area contributed by atoms with Gasteiger partial charge in [-0.25, -0.2) is 83.4 Å². The van der Waals surface area contributed by atoms with Gasteiger partial charge in [0.1, 0.15) is 5.83 Å². The number of hydrogen-bond donors (Lipinski definition) is 0. The van der Waals surface area contributed by atoms with Crippen LogP contribution in [0.25, 0.3) is 0 Å². The van der Waals surface area contributed by atoms with Crippen molar-refractivity contribution in [3.05, 3.63) is 229 Å². The standard InChI is InChI=1S/C27H10BF19O2Si.C19H15/c1-50(2,3)24-22(44)23(45)26(49-28-48,5-9(31)15(37)20(42)16(38)10(5)32)27(47,6-11(33)17(39)21(43)18(40)12(6)34)25(24,46)4-7(29)13(35)19(41)14(36)8(4)30;1-4-10-16(11-5-1)19(17-12-6-2-7-13-17)18-14-8-3-9-15-18/h24H,1-3H3;1-15H/q-1;+1. The lowest BCUT2D eigenvalue weighted by Gasteiger charge is -2.58. The smallest absolute Gasteiger partial charge is 0.218 e. The summed E-state index contributed by atoms with van der Waals surface area (Å²) >= 11 is 0. The summed E-state index contributed by atoms with van der Waals surface area (Å²) < 4.78 is 296. The number of halogens is 19. The summed E-state index contributed by atoms with van der Waals surface area (Å²) in [6.45, 7) is 1.57. The molecule has 0 spiro atoms. The Morgan fingerprint density at radius 1 is 0.435 bits per heavy atom. The fourth-order valence-corrected chi connectivity index (χ4v) is 10.8. The van der Waals surface area contributed by atoms with Crippen LogP contribution in [0.15, 0.2) is 103 Å². The molecule has 0 amide bonds. The number of benzene rings is 6. The van der Waals surface area contributed by atoms with E-state index in [9.17, 15) is 44.5 Å². The Labute approximate surface area is 379 Å². The minimum absolute atomic E-state index is 0.524. The van der Waals surface area contributed by atoms with Crippen molar-refractivity contribution in [1.82, 2.24) is 0 Å². The van der Waals surface area contributed by atoms with Gasteiger partial charge in [0.15, 0.2) is 94.6 Å². The molecule has 0 saturated heterocycles. The van der Waals surface area contributed by atoms with E-state index in [4.69, 9.17) is 0 Å².